The number of nitrogens with zero attached hydrogens (tertiary/aromatic N) is 1. The first-order valence-corrected chi connectivity index (χ1v) is 10.5. The topological polar surface area (TPSA) is 134 Å². The maximum absolute atomic E-state index is 13.6. The van der Waals surface area contributed by atoms with Gasteiger partial charge in [0.05, 0.1) is 13.7 Å². The number of ether oxygens (including phenoxy) is 2. The zero-order valence-electron chi connectivity index (χ0n) is 20.3. The van der Waals surface area contributed by atoms with E-state index in [0.717, 1.165) is 0 Å². The normalized spacial score (nSPS) is 13.3. The number of alkyl carbamates (subject to hydrolysis) is 1. The number of aliphatic hydroxyl groups is 1. The van der Waals surface area contributed by atoms with E-state index in [4.69, 9.17) is 4.74 Å². The Morgan fingerprint density at radius 3 is 2.06 bits per heavy atom. The number of esters is 1. The second kappa shape index (κ2) is 11.6. The van der Waals surface area contributed by atoms with Gasteiger partial charge in [0.25, 0.3) is 0 Å². The second-order valence-electron chi connectivity index (χ2n) is 9.37. The monoisotopic (exact) mass is 465 g/mol. The van der Waals surface area contributed by atoms with Crippen molar-refractivity contribution in [2.45, 2.75) is 64.8 Å². The second-order valence-corrected chi connectivity index (χ2v) is 9.37. The van der Waals surface area contributed by atoms with Gasteiger partial charge >= 0.3 is 12.1 Å². The molecule has 2 unspecified atom stereocenters. The molecule has 0 saturated carbocycles. The SMILES string of the molecule is COC(=O)CNC(=O)C(c1ccccc1)N(C(=O)C(CO)NC(=O)OC(C)(C)C)C(C)(C)C. The lowest BCUT2D eigenvalue weighted by molar-refractivity contribution is -0.150. The maximum Gasteiger partial charge on any atom is 0.408 e. The van der Waals surface area contributed by atoms with Crippen molar-refractivity contribution in [2.24, 2.45) is 0 Å². The van der Waals surface area contributed by atoms with E-state index in [0.29, 0.717) is 5.56 Å². The van der Waals surface area contributed by atoms with Crippen molar-refractivity contribution in [1.29, 1.82) is 0 Å². The number of methoxy groups -OCH3 is 1. The van der Waals surface area contributed by atoms with Crippen LogP contribution in [0.2, 0.25) is 0 Å². The van der Waals surface area contributed by atoms with E-state index in [2.05, 4.69) is 15.4 Å². The molecule has 33 heavy (non-hydrogen) atoms. The minimum absolute atomic E-state index is 0.384. The molecule has 0 fully saturated rings. The predicted octanol–water partition coefficient (Wildman–Crippen LogP) is 1.53. The summed E-state index contributed by atoms with van der Waals surface area (Å²) in [6, 6.07) is 6.01. The zero-order chi connectivity index (χ0) is 25.4. The fourth-order valence-electron chi connectivity index (χ4n) is 3.03. The molecule has 3 amide bonds. The molecule has 0 saturated heterocycles. The van der Waals surface area contributed by atoms with Gasteiger partial charge in [0.15, 0.2) is 0 Å². The van der Waals surface area contributed by atoms with Crippen LogP contribution >= 0.6 is 0 Å². The van der Waals surface area contributed by atoms with Gasteiger partial charge in [-0.15, -0.1) is 0 Å². The third-order valence-corrected chi connectivity index (χ3v) is 4.39. The predicted molar refractivity (Wildman–Crippen MR) is 121 cm³/mol. The summed E-state index contributed by atoms with van der Waals surface area (Å²) < 4.78 is 9.76. The highest BCUT2D eigenvalue weighted by Gasteiger charge is 2.41. The van der Waals surface area contributed by atoms with Crippen LogP contribution in [0.4, 0.5) is 4.79 Å². The highest BCUT2D eigenvalue weighted by Crippen LogP contribution is 2.30. The summed E-state index contributed by atoms with van der Waals surface area (Å²) in [4.78, 5) is 51.8. The average Bonchev–Trinajstić information content (AvgIpc) is 2.71. The average molecular weight is 466 g/mol. The Kier molecular flexibility index (Phi) is 9.84. The molecule has 10 nitrogen and oxygen atoms in total. The Morgan fingerprint density at radius 1 is 1.03 bits per heavy atom. The van der Waals surface area contributed by atoms with Crippen molar-refractivity contribution < 1.29 is 33.8 Å². The van der Waals surface area contributed by atoms with Crippen LogP contribution in [0.5, 0.6) is 0 Å². The van der Waals surface area contributed by atoms with Crippen LogP contribution in [0.3, 0.4) is 0 Å². The quantitative estimate of drug-likeness (QED) is 0.496. The van der Waals surface area contributed by atoms with E-state index in [9.17, 15) is 24.3 Å². The first kappa shape index (κ1) is 27.9. The van der Waals surface area contributed by atoms with E-state index >= 15 is 0 Å². The Morgan fingerprint density at radius 2 is 1.61 bits per heavy atom. The van der Waals surface area contributed by atoms with E-state index in [1.54, 1.807) is 71.9 Å². The first-order chi connectivity index (χ1) is 15.2. The molecule has 0 aliphatic rings. The van der Waals surface area contributed by atoms with Gasteiger partial charge in [-0.3, -0.25) is 14.4 Å². The molecule has 0 radical (unpaired) electrons. The van der Waals surface area contributed by atoms with Gasteiger partial charge in [0.2, 0.25) is 11.8 Å². The van der Waals surface area contributed by atoms with Gasteiger partial charge in [-0.05, 0) is 47.1 Å². The fourth-order valence-corrected chi connectivity index (χ4v) is 3.03. The maximum atomic E-state index is 13.6. The van der Waals surface area contributed by atoms with Crippen LogP contribution in [0.15, 0.2) is 30.3 Å². The Bertz CT molecular complexity index is 829. The molecule has 1 rings (SSSR count). The molecule has 0 heterocycles. The van der Waals surface area contributed by atoms with Gasteiger partial charge in [-0.1, -0.05) is 30.3 Å². The number of hydrogen-bond donors (Lipinski definition) is 3. The molecule has 3 N–H and O–H groups in total. The van der Waals surface area contributed by atoms with Crippen molar-refractivity contribution in [3.8, 4) is 0 Å². The standard InChI is InChI=1S/C23H35N3O7/c1-22(2,3)26(20(30)16(14-27)25-21(31)33-23(4,5)6)18(15-11-9-8-10-12-15)19(29)24-13-17(28)32-7/h8-12,16,18,27H,13-14H2,1-7H3,(H,24,29)(H,25,31). The summed E-state index contributed by atoms with van der Waals surface area (Å²) in [5.41, 5.74) is -1.24. The van der Waals surface area contributed by atoms with E-state index in [-0.39, 0.29) is 6.54 Å². The molecule has 0 aliphatic carbocycles. The number of amides is 3. The summed E-state index contributed by atoms with van der Waals surface area (Å²) in [7, 11) is 1.20. The summed E-state index contributed by atoms with van der Waals surface area (Å²) >= 11 is 0. The van der Waals surface area contributed by atoms with Crippen molar-refractivity contribution in [3.05, 3.63) is 35.9 Å². The zero-order valence-corrected chi connectivity index (χ0v) is 20.3. The molecule has 2 atom stereocenters. The third-order valence-electron chi connectivity index (χ3n) is 4.39. The number of rotatable bonds is 8. The smallest absolute Gasteiger partial charge is 0.408 e. The molecule has 0 aliphatic heterocycles. The van der Waals surface area contributed by atoms with Crippen LogP contribution in [0.25, 0.3) is 0 Å². The van der Waals surface area contributed by atoms with Crippen LogP contribution in [-0.4, -0.2) is 71.3 Å². The van der Waals surface area contributed by atoms with Crippen LogP contribution in [-0.2, 0) is 23.9 Å². The van der Waals surface area contributed by atoms with Gasteiger partial charge in [-0.2, -0.15) is 0 Å². The Labute approximate surface area is 194 Å². The number of carbonyl (C=O) groups excluding carboxylic acids is 4. The number of benzene rings is 1. The number of nitrogens with one attached hydrogen (secondary N) is 2. The molecule has 0 aromatic heterocycles. The highest BCUT2D eigenvalue weighted by molar-refractivity contribution is 5.93. The Hall–Kier alpha value is -3.14. The third kappa shape index (κ3) is 8.72. The Balaban J connectivity index is 3.37. The number of hydrogen-bond acceptors (Lipinski definition) is 7. The highest BCUT2D eigenvalue weighted by atomic mass is 16.6. The largest absolute Gasteiger partial charge is 0.468 e. The van der Waals surface area contributed by atoms with Crippen LogP contribution in [0, 0.1) is 0 Å². The lowest BCUT2D eigenvalue weighted by atomic mass is 9.95. The van der Waals surface area contributed by atoms with Gasteiger partial charge in [0, 0.05) is 5.54 Å². The molecule has 184 valence electrons. The summed E-state index contributed by atoms with van der Waals surface area (Å²) in [5, 5.41) is 14.7. The number of aliphatic hydroxyl groups excluding tert-OH is 1. The van der Waals surface area contributed by atoms with Crippen molar-refractivity contribution in [2.75, 3.05) is 20.3 Å². The molecule has 10 heteroatoms. The lowest BCUT2D eigenvalue weighted by Gasteiger charge is -2.42. The van der Waals surface area contributed by atoms with E-state index in [1.165, 1.54) is 12.0 Å². The molecule has 0 bridgehead atoms. The van der Waals surface area contributed by atoms with Crippen molar-refractivity contribution in [3.63, 3.8) is 0 Å². The first-order valence-electron chi connectivity index (χ1n) is 10.5. The molecular formula is C23H35N3O7. The minimum Gasteiger partial charge on any atom is -0.468 e. The van der Waals surface area contributed by atoms with Crippen molar-refractivity contribution >= 4 is 23.9 Å². The molecular weight excluding hydrogens is 430 g/mol. The summed E-state index contributed by atoms with van der Waals surface area (Å²) in [6.45, 7) is 9.06. The molecule has 1 aromatic rings. The summed E-state index contributed by atoms with van der Waals surface area (Å²) in [6.07, 6.45) is -0.879. The van der Waals surface area contributed by atoms with Gasteiger partial charge in [-0.25, -0.2) is 4.79 Å². The van der Waals surface area contributed by atoms with Crippen LogP contribution < -0.4 is 10.6 Å². The lowest BCUT2D eigenvalue weighted by Crippen LogP contribution is -2.59. The van der Waals surface area contributed by atoms with Gasteiger partial charge in [0.1, 0.15) is 24.2 Å². The molecule has 0 spiro atoms. The minimum atomic E-state index is -1.36. The molecule has 1 aromatic carbocycles. The summed E-state index contributed by atoms with van der Waals surface area (Å²) in [5.74, 6) is -1.97. The van der Waals surface area contributed by atoms with Crippen molar-refractivity contribution in [1.82, 2.24) is 15.5 Å². The van der Waals surface area contributed by atoms with Gasteiger partial charge < -0.3 is 30.1 Å². The number of carbonyl (C=O) groups is 4. The fraction of sp³-hybridized carbons (Fsp3) is 0.565. The van der Waals surface area contributed by atoms with E-state index in [1.807, 2.05) is 0 Å². The van der Waals surface area contributed by atoms with Crippen LogP contribution in [0.1, 0.15) is 53.1 Å². The van der Waals surface area contributed by atoms with E-state index < -0.39 is 53.7 Å².